The normalized spacial score (nSPS) is 13.0. The summed E-state index contributed by atoms with van der Waals surface area (Å²) < 4.78 is 6.21. The third-order valence-electron chi connectivity index (χ3n) is 4.66. The largest absolute Gasteiger partial charge is 0.488 e. The standard InChI is InChI=1S/C22H20ClN3O3S/c1-13-5-6-15(20(27)25-16-7-8-16)10-19(13)26-21(28)14-3-2-4-17(9-14)29-12-18-11-24-22(23)30-18/h2-6,9-11,16H,7-8,12H2,1H3,(H,25,27)(H,26,28). The molecule has 1 fully saturated rings. The minimum atomic E-state index is -0.274. The number of nitrogens with one attached hydrogen (secondary N) is 2. The Morgan fingerprint density at radius 2 is 1.97 bits per heavy atom. The van der Waals surface area contributed by atoms with Crippen molar-refractivity contribution in [2.75, 3.05) is 5.32 Å². The predicted octanol–water partition coefficient (Wildman–Crippen LogP) is 4.83. The summed E-state index contributed by atoms with van der Waals surface area (Å²) in [6.07, 6.45) is 3.71. The quantitative estimate of drug-likeness (QED) is 0.550. The highest BCUT2D eigenvalue weighted by atomic mass is 35.5. The molecule has 1 heterocycles. The molecule has 3 aromatic rings. The van der Waals surface area contributed by atoms with E-state index >= 15 is 0 Å². The van der Waals surface area contributed by atoms with E-state index < -0.39 is 0 Å². The Balaban J connectivity index is 1.43. The van der Waals surface area contributed by atoms with Gasteiger partial charge in [0.15, 0.2) is 4.47 Å². The lowest BCUT2D eigenvalue weighted by atomic mass is 10.1. The Hall–Kier alpha value is -2.90. The first-order valence-corrected chi connectivity index (χ1v) is 10.7. The molecule has 30 heavy (non-hydrogen) atoms. The van der Waals surface area contributed by atoms with Crippen LogP contribution in [0.4, 0.5) is 5.69 Å². The summed E-state index contributed by atoms with van der Waals surface area (Å²) in [5.74, 6) is 0.178. The lowest BCUT2D eigenvalue weighted by Gasteiger charge is -2.12. The van der Waals surface area contributed by atoms with Gasteiger partial charge in [0.25, 0.3) is 11.8 Å². The molecule has 4 rings (SSSR count). The first-order valence-electron chi connectivity index (χ1n) is 9.54. The molecule has 0 aliphatic heterocycles. The van der Waals surface area contributed by atoms with Crippen LogP contribution in [0.25, 0.3) is 0 Å². The fraction of sp³-hybridized carbons (Fsp3) is 0.227. The number of aromatic nitrogens is 1. The molecule has 0 radical (unpaired) electrons. The van der Waals surface area contributed by atoms with Crippen LogP contribution in [0.5, 0.6) is 5.75 Å². The molecule has 0 saturated heterocycles. The molecule has 1 saturated carbocycles. The van der Waals surface area contributed by atoms with Gasteiger partial charge in [0, 0.05) is 29.1 Å². The van der Waals surface area contributed by atoms with E-state index in [-0.39, 0.29) is 17.9 Å². The van der Waals surface area contributed by atoms with Gasteiger partial charge >= 0.3 is 0 Å². The van der Waals surface area contributed by atoms with Crippen LogP contribution in [0.3, 0.4) is 0 Å². The molecule has 0 unspecified atom stereocenters. The number of amides is 2. The summed E-state index contributed by atoms with van der Waals surface area (Å²) in [7, 11) is 0. The second-order valence-corrected chi connectivity index (χ2v) is 8.82. The van der Waals surface area contributed by atoms with Gasteiger partial charge in [0.1, 0.15) is 12.4 Å². The van der Waals surface area contributed by atoms with Crippen molar-refractivity contribution in [1.82, 2.24) is 10.3 Å². The fourth-order valence-electron chi connectivity index (χ4n) is 2.82. The van der Waals surface area contributed by atoms with Crippen LogP contribution in [0.1, 0.15) is 44.0 Å². The molecule has 8 heteroatoms. The van der Waals surface area contributed by atoms with E-state index in [1.54, 1.807) is 42.6 Å². The van der Waals surface area contributed by atoms with Crippen LogP contribution in [-0.4, -0.2) is 22.8 Å². The number of hydrogen-bond donors (Lipinski definition) is 2. The summed E-state index contributed by atoms with van der Waals surface area (Å²) in [5.41, 5.74) is 2.47. The first kappa shape index (κ1) is 20.4. The number of carbonyl (C=O) groups excluding carboxylic acids is 2. The van der Waals surface area contributed by atoms with Gasteiger partial charge in [-0.3, -0.25) is 9.59 Å². The van der Waals surface area contributed by atoms with Crippen LogP contribution < -0.4 is 15.4 Å². The van der Waals surface area contributed by atoms with Crippen LogP contribution >= 0.6 is 22.9 Å². The third kappa shape index (κ3) is 5.17. The zero-order valence-electron chi connectivity index (χ0n) is 16.3. The Bertz CT molecular complexity index is 1090. The van der Waals surface area contributed by atoms with Crippen molar-refractivity contribution >= 4 is 40.4 Å². The number of nitrogens with zero attached hydrogens (tertiary/aromatic N) is 1. The number of hydrogen-bond acceptors (Lipinski definition) is 5. The highest BCUT2D eigenvalue weighted by Crippen LogP contribution is 2.23. The highest BCUT2D eigenvalue weighted by molar-refractivity contribution is 7.15. The maximum Gasteiger partial charge on any atom is 0.255 e. The van der Waals surface area contributed by atoms with Crippen molar-refractivity contribution in [1.29, 1.82) is 0 Å². The number of benzene rings is 2. The van der Waals surface area contributed by atoms with Crippen molar-refractivity contribution in [3.63, 3.8) is 0 Å². The van der Waals surface area contributed by atoms with Gasteiger partial charge in [-0.05, 0) is 55.7 Å². The van der Waals surface area contributed by atoms with E-state index in [2.05, 4.69) is 15.6 Å². The highest BCUT2D eigenvalue weighted by Gasteiger charge is 2.24. The zero-order valence-corrected chi connectivity index (χ0v) is 17.8. The molecular formula is C22H20ClN3O3S. The average molecular weight is 442 g/mol. The molecule has 2 aromatic carbocycles. The molecular weight excluding hydrogens is 422 g/mol. The topological polar surface area (TPSA) is 80.3 Å². The number of halogens is 1. The van der Waals surface area contributed by atoms with Gasteiger partial charge in [-0.15, -0.1) is 11.3 Å². The molecule has 0 bridgehead atoms. The minimum Gasteiger partial charge on any atom is -0.488 e. The fourth-order valence-corrected chi connectivity index (χ4v) is 3.71. The smallest absolute Gasteiger partial charge is 0.255 e. The van der Waals surface area contributed by atoms with E-state index in [1.165, 1.54) is 11.3 Å². The van der Waals surface area contributed by atoms with E-state index in [0.717, 1.165) is 23.3 Å². The summed E-state index contributed by atoms with van der Waals surface area (Å²) >= 11 is 7.18. The number of ether oxygens (including phenoxy) is 1. The van der Waals surface area contributed by atoms with Gasteiger partial charge in [-0.2, -0.15) is 0 Å². The maximum absolute atomic E-state index is 12.8. The number of carbonyl (C=O) groups is 2. The second kappa shape index (κ2) is 8.85. The Labute approximate surface area is 183 Å². The summed E-state index contributed by atoms with van der Waals surface area (Å²) in [5, 5.41) is 5.85. The van der Waals surface area contributed by atoms with Crippen LogP contribution in [0.15, 0.2) is 48.7 Å². The number of aryl methyl sites for hydroxylation is 1. The van der Waals surface area contributed by atoms with Crippen molar-refractivity contribution in [3.05, 3.63) is 74.7 Å². The second-order valence-electron chi connectivity index (χ2n) is 7.13. The monoisotopic (exact) mass is 441 g/mol. The van der Waals surface area contributed by atoms with Gasteiger partial charge in [-0.1, -0.05) is 23.7 Å². The number of anilines is 1. The predicted molar refractivity (Wildman–Crippen MR) is 118 cm³/mol. The van der Waals surface area contributed by atoms with E-state index in [9.17, 15) is 9.59 Å². The van der Waals surface area contributed by atoms with Crippen LogP contribution in [0.2, 0.25) is 4.47 Å². The zero-order chi connectivity index (χ0) is 21.1. The van der Waals surface area contributed by atoms with E-state index in [4.69, 9.17) is 16.3 Å². The molecule has 0 atom stereocenters. The lowest BCUT2D eigenvalue weighted by Crippen LogP contribution is -2.25. The SMILES string of the molecule is Cc1ccc(C(=O)NC2CC2)cc1NC(=O)c1cccc(OCc2cnc(Cl)s2)c1. The molecule has 2 N–H and O–H groups in total. The number of thiazole rings is 1. The molecule has 2 amide bonds. The molecule has 154 valence electrons. The van der Waals surface area contributed by atoms with Crippen molar-refractivity contribution in [2.24, 2.45) is 0 Å². The minimum absolute atomic E-state index is 0.119. The summed E-state index contributed by atoms with van der Waals surface area (Å²) in [6.45, 7) is 2.21. The Morgan fingerprint density at radius 1 is 1.17 bits per heavy atom. The van der Waals surface area contributed by atoms with E-state index in [0.29, 0.717) is 33.6 Å². The van der Waals surface area contributed by atoms with Gasteiger partial charge < -0.3 is 15.4 Å². The molecule has 6 nitrogen and oxygen atoms in total. The molecule has 1 aliphatic carbocycles. The Kier molecular flexibility index (Phi) is 6.01. The lowest BCUT2D eigenvalue weighted by molar-refractivity contribution is 0.0949. The van der Waals surface area contributed by atoms with Crippen molar-refractivity contribution < 1.29 is 14.3 Å². The molecule has 1 aromatic heterocycles. The third-order valence-corrected chi connectivity index (χ3v) is 5.75. The van der Waals surface area contributed by atoms with Crippen molar-refractivity contribution in [2.45, 2.75) is 32.4 Å². The van der Waals surface area contributed by atoms with Gasteiger partial charge in [0.05, 0.1) is 4.88 Å². The molecule has 0 spiro atoms. The van der Waals surface area contributed by atoms with Crippen LogP contribution in [-0.2, 0) is 6.61 Å². The van der Waals surface area contributed by atoms with Gasteiger partial charge in [0.2, 0.25) is 0 Å². The average Bonchev–Trinajstić information content (AvgIpc) is 3.46. The molecule has 1 aliphatic rings. The summed E-state index contributed by atoms with van der Waals surface area (Å²) in [6, 6.07) is 12.5. The maximum atomic E-state index is 12.8. The Morgan fingerprint density at radius 3 is 2.70 bits per heavy atom. The summed E-state index contributed by atoms with van der Waals surface area (Å²) in [4.78, 5) is 29.9. The van der Waals surface area contributed by atoms with E-state index in [1.807, 2.05) is 13.0 Å². The first-order chi connectivity index (χ1) is 14.5. The van der Waals surface area contributed by atoms with Gasteiger partial charge in [-0.25, -0.2) is 4.98 Å². The number of rotatable bonds is 7. The van der Waals surface area contributed by atoms with Crippen molar-refractivity contribution in [3.8, 4) is 5.75 Å². The van der Waals surface area contributed by atoms with Crippen LogP contribution in [0, 0.1) is 6.92 Å².